The number of nitrogens with two attached hydrogens (primary N) is 1. The number of hydrogen-bond donors (Lipinski definition) is 2. The fourth-order valence-corrected chi connectivity index (χ4v) is 0.421. The van der Waals surface area contributed by atoms with E-state index in [9.17, 15) is 4.79 Å². The van der Waals surface area contributed by atoms with Crippen LogP contribution in [0, 0.1) is 5.92 Å². The smallest absolute Gasteiger partial charge is 0.320 e. The summed E-state index contributed by atoms with van der Waals surface area (Å²) in [5, 5.41) is 14.6. The van der Waals surface area contributed by atoms with E-state index in [1.807, 2.05) is 0 Å². The van der Waals surface area contributed by atoms with Crippen molar-refractivity contribution in [1.82, 2.24) is 10.4 Å². The monoisotopic (exact) mass is 187 g/mol. The quantitative estimate of drug-likeness (QED) is 0.681. The van der Waals surface area contributed by atoms with E-state index in [2.05, 4.69) is 14.9 Å². The molecule has 0 spiro atoms. The number of aromatic nitrogens is 2. The van der Waals surface area contributed by atoms with Crippen LogP contribution in [0.2, 0.25) is 0 Å². The summed E-state index contributed by atoms with van der Waals surface area (Å²) in [5.74, 6) is -0.910. The van der Waals surface area contributed by atoms with Crippen LogP contribution in [-0.2, 0) is 4.79 Å². The molecule has 0 unspecified atom stereocenters. The molecule has 13 heavy (non-hydrogen) atoms. The number of aliphatic carboxylic acids is 1. The Kier molecular flexibility index (Phi) is 5.45. The van der Waals surface area contributed by atoms with Gasteiger partial charge >= 0.3 is 5.97 Å². The Morgan fingerprint density at radius 2 is 2.23 bits per heavy atom. The second kappa shape index (κ2) is 6.13. The van der Waals surface area contributed by atoms with Crippen molar-refractivity contribution in [3.8, 4) is 0 Å². The molecule has 0 saturated heterocycles. The molecule has 1 atom stereocenters. The number of carboxylic acids is 1. The van der Waals surface area contributed by atoms with Gasteiger partial charge in [0.25, 0.3) is 0 Å². The maximum atomic E-state index is 10.0. The zero-order chi connectivity index (χ0) is 10.3. The highest BCUT2D eigenvalue weighted by atomic mass is 16.5. The first kappa shape index (κ1) is 11.6. The molecule has 0 fully saturated rings. The Hall–Kier alpha value is -1.43. The Bertz CT molecular complexity index is 206. The van der Waals surface area contributed by atoms with Crippen LogP contribution in [0.5, 0.6) is 0 Å². The fraction of sp³-hybridized carbons (Fsp3) is 0.571. The van der Waals surface area contributed by atoms with Crippen LogP contribution in [0.25, 0.3) is 0 Å². The fourth-order valence-electron chi connectivity index (χ4n) is 0.421. The number of carbonyl (C=O) groups is 1. The summed E-state index contributed by atoms with van der Waals surface area (Å²) in [6.07, 6.45) is 2.88. The third-order valence-electron chi connectivity index (χ3n) is 1.29. The van der Waals surface area contributed by atoms with Crippen molar-refractivity contribution in [2.45, 2.75) is 19.9 Å². The van der Waals surface area contributed by atoms with E-state index < -0.39 is 12.0 Å². The first-order valence-electron chi connectivity index (χ1n) is 3.75. The van der Waals surface area contributed by atoms with Crippen molar-refractivity contribution >= 4 is 5.97 Å². The maximum absolute atomic E-state index is 10.0. The van der Waals surface area contributed by atoms with Crippen molar-refractivity contribution in [3.05, 3.63) is 12.5 Å². The Balaban J connectivity index is 0.000000243. The zero-order valence-electron chi connectivity index (χ0n) is 7.54. The zero-order valence-corrected chi connectivity index (χ0v) is 7.54. The molecule has 3 N–H and O–H groups in total. The van der Waals surface area contributed by atoms with Gasteiger partial charge in [-0.25, -0.2) is 0 Å². The van der Waals surface area contributed by atoms with Gasteiger partial charge in [0, 0.05) is 5.27 Å². The van der Waals surface area contributed by atoms with Gasteiger partial charge < -0.3 is 15.4 Å². The second-order valence-corrected chi connectivity index (χ2v) is 2.70. The molecule has 1 aromatic heterocycles. The molecular formula is C7H13N3O3. The van der Waals surface area contributed by atoms with Crippen LogP contribution >= 0.6 is 0 Å². The van der Waals surface area contributed by atoms with Gasteiger partial charge in [0.15, 0.2) is 0 Å². The van der Waals surface area contributed by atoms with E-state index in [4.69, 9.17) is 10.8 Å². The molecule has 0 aromatic carbocycles. The Labute approximate surface area is 75.7 Å². The van der Waals surface area contributed by atoms with E-state index in [0.717, 1.165) is 0 Å². The van der Waals surface area contributed by atoms with E-state index in [-0.39, 0.29) is 5.92 Å². The normalized spacial score (nSPS) is 11.7. The molecule has 0 aliphatic heterocycles. The Morgan fingerprint density at radius 1 is 1.62 bits per heavy atom. The van der Waals surface area contributed by atoms with E-state index >= 15 is 0 Å². The number of carboxylic acid groups (broad SMARTS) is 1. The molecule has 74 valence electrons. The highest BCUT2D eigenvalue weighted by Crippen LogP contribution is 1.96. The van der Waals surface area contributed by atoms with Crippen LogP contribution in [-0.4, -0.2) is 27.5 Å². The summed E-state index contributed by atoms with van der Waals surface area (Å²) in [5.41, 5.74) is 5.16. The third-order valence-corrected chi connectivity index (χ3v) is 1.29. The minimum absolute atomic E-state index is 0.0208. The molecular weight excluding hydrogens is 174 g/mol. The average Bonchev–Trinajstić information content (AvgIpc) is 2.59. The predicted molar refractivity (Wildman–Crippen MR) is 44.7 cm³/mol. The lowest BCUT2D eigenvalue weighted by atomic mass is 10.1. The van der Waals surface area contributed by atoms with Crippen LogP contribution in [0.3, 0.4) is 0 Å². The summed E-state index contributed by atoms with van der Waals surface area (Å²) in [6.45, 7) is 3.55. The third kappa shape index (κ3) is 5.80. The van der Waals surface area contributed by atoms with Gasteiger partial charge in [0.1, 0.15) is 12.3 Å². The first-order chi connectivity index (χ1) is 6.05. The van der Waals surface area contributed by atoms with Crippen molar-refractivity contribution in [3.63, 3.8) is 0 Å². The summed E-state index contributed by atoms with van der Waals surface area (Å²) in [4.78, 5) is 10.0. The lowest BCUT2D eigenvalue weighted by molar-refractivity contribution is -0.139. The first-order valence-corrected chi connectivity index (χ1v) is 3.75. The molecule has 0 aliphatic carbocycles. The van der Waals surface area contributed by atoms with Gasteiger partial charge in [-0.1, -0.05) is 13.8 Å². The maximum Gasteiger partial charge on any atom is 0.320 e. The average molecular weight is 187 g/mol. The summed E-state index contributed by atoms with van der Waals surface area (Å²) in [7, 11) is 0. The number of hydrogen-bond acceptors (Lipinski definition) is 5. The van der Waals surface area contributed by atoms with Gasteiger partial charge in [0.05, 0.1) is 6.20 Å². The van der Waals surface area contributed by atoms with Crippen molar-refractivity contribution in [1.29, 1.82) is 0 Å². The van der Waals surface area contributed by atoms with Crippen molar-refractivity contribution < 1.29 is 14.4 Å². The molecule has 1 rings (SSSR count). The summed E-state index contributed by atoms with van der Waals surface area (Å²) >= 11 is 0. The van der Waals surface area contributed by atoms with Crippen LogP contribution in [0.15, 0.2) is 17.0 Å². The van der Waals surface area contributed by atoms with E-state index in [0.29, 0.717) is 0 Å². The van der Waals surface area contributed by atoms with Crippen molar-refractivity contribution in [2.75, 3.05) is 0 Å². The van der Waals surface area contributed by atoms with Gasteiger partial charge in [0.2, 0.25) is 0 Å². The second-order valence-electron chi connectivity index (χ2n) is 2.70. The van der Waals surface area contributed by atoms with Gasteiger partial charge in [-0.15, -0.1) is 5.10 Å². The minimum Gasteiger partial charge on any atom is -0.480 e. The standard InChI is InChI=1S/C5H11NO2.C2H2N2O/c1-3(2)4(6)5(7)8;1-2-5-4-3-1/h3-4H,6H2,1-2H3,(H,7,8);1-2H/t4-;/m0./s1. The largest absolute Gasteiger partial charge is 0.480 e. The molecule has 6 heteroatoms. The molecule has 0 radical (unpaired) electrons. The molecule has 6 nitrogen and oxygen atoms in total. The molecule has 0 bridgehead atoms. The van der Waals surface area contributed by atoms with Gasteiger partial charge in [-0.2, -0.15) is 0 Å². The molecule has 0 saturated carbocycles. The topological polar surface area (TPSA) is 102 Å². The molecule has 0 amide bonds. The molecule has 0 aliphatic rings. The van der Waals surface area contributed by atoms with Crippen LogP contribution in [0.1, 0.15) is 13.8 Å². The number of nitrogens with zero attached hydrogens (tertiary/aromatic N) is 2. The van der Waals surface area contributed by atoms with Gasteiger partial charge in [-0.05, 0) is 5.92 Å². The SMILES string of the molecule is CC(C)[C@H](N)C(=O)O.c1conn1. The summed E-state index contributed by atoms with van der Waals surface area (Å²) in [6, 6.07) is -0.713. The van der Waals surface area contributed by atoms with E-state index in [1.165, 1.54) is 12.5 Å². The lowest BCUT2D eigenvalue weighted by Crippen LogP contribution is -2.34. The highest BCUT2D eigenvalue weighted by molar-refractivity contribution is 5.73. The molecule has 1 aromatic rings. The van der Waals surface area contributed by atoms with Crippen LogP contribution in [0.4, 0.5) is 0 Å². The minimum atomic E-state index is -0.931. The van der Waals surface area contributed by atoms with Crippen molar-refractivity contribution in [2.24, 2.45) is 11.7 Å². The van der Waals surface area contributed by atoms with Crippen LogP contribution < -0.4 is 5.73 Å². The van der Waals surface area contributed by atoms with E-state index in [1.54, 1.807) is 13.8 Å². The lowest BCUT2D eigenvalue weighted by Gasteiger charge is -2.07. The van der Waals surface area contributed by atoms with Gasteiger partial charge in [-0.3, -0.25) is 4.79 Å². The molecule has 1 heterocycles. The summed E-state index contributed by atoms with van der Waals surface area (Å²) < 4.78 is 4.22. The Morgan fingerprint density at radius 3 is 2.31 bits per heavy atom. The number of rotatable bonds is 2. The predicted octanol–water partition coefficient (Wildman–Crippen LogP) is 0.124. The highest BCUT2D eigenvalue weighted by Gasteiger charge is 2.14.